The van der Waals surface area contributed by atoms with Gasteiger partial charge in [-0.1, -0.05) is 13.0 Å². The number of hydrogen-bond acceptors (Lipinski definition) is 3. The molecule has 1 aromatic rings. The highest BCUT2D eigenvalue weighted by molar-refractivity contribution is 5.92. The van der Waals surface area contributed by atoms with Crippen LogP contribution >= 0.6 is 0 Å². The van der Waals surface area contributed by atoms with E-state index in [9.17, 15) is 4.79 Å². The van der Waals surface area contributed by atoms with Crippen LogP contribution in [0.1, 0.15) is 26.7 Å². The van der Waals surface area contributed by atoms with E-state index in [1.807, 2.05) is 38.1 Å². The van der Waals surface area contributed by atoms with Gasteiger partial charge >= 0.3 is 0 Å². The average molecular weight is 250 g/mol. The summed E-state index contributed by atoms with van der Waals surface area (Å²) in [6.45, 7) is 5.08. The van der Waals surface area contributed by atoms with Gasteiger partial charge in [-0.15, -0.1) is 0 Å². The third-order valence-corrected chi connectivity index (χ3v) is 2.70. The Morgan fingerprint density at radius 3 is 2.94 bits per heavy atom. The third-order valence-electron chi connectivity index (χ3n) is 2.70. The predicted octanol–water partition coefficient (Wildman–Crippen LogP) is 2.40. The molecule has 3 N–H and O–H groups in total. The quantitative estimate of drug-likeness (QED) is 0.781. The van der Waals surface area contributed by atoms with Crippen LogP contribution in [0.5, 0.6) is 5.75 Å². The number of anilines is 1. The van der Waals surface area contributed by atoms with E-state index in [0.29, 0.717) is 13.2 Å². The normalized spacial score (nSPS) is 11.9. The molecule has 0 fully saturated rings. The molecule has 1 amide bonds. The van der Waals surface area contributed by atoms with Crippen LogP contribution in [0, 0.1) is 5.92 Å². The van der Waals surface area contributed by atoms with Gasteiger partial charge in [0.25, 0.3) is 0 Å². The lowest BCUT2D eigenvalue weighted by atomic mass is 10.0. The fourth-order valence-corrected chi connectivity index (χ4v) is 1.65. The van der Waals surface area contributed by atoms with E-state index in [1.165, 1.54) is 0 Å². The Morgan fingerprint density at radius 2 is 2.28 bits per heavy atom. The Bertz CT molecular complexity index is 380. The van der Waals surface area contributed by atoms with Gasteiger partial charge in [-0.2, -0.15) is 0 Å². The molecule has 0 aliphatic rings. The lowest BCUT2D eigenvalue weighted by Crippen LogP contribution is -2.21. The highest BCUT2D eigenvalue weighted by Crippen LogP contribution is 2.18. The first-order valence-corrected chi connectivity index (χ1v) is 6.41. The first kappa shape index (κ1) is 14.5. The molecule has 0 aliphatic heterocycles. The molecule has 100 valence electrons. The Morgan fingerprint density at radius 1 is 1.50 bits per heavy atom. The number of carbonyl (C=O) groups is 1. The molecule has 1 unspecified atom stereocenters. The molecule has 4 heteroatoms. The van der Waals surface area contributed by atoms with Crippen molar-refractivity contribution in [2.75, 3.05) is 18.5 Å². The van der Waals surface area contributed by atoms with E-state index < -0.39 is 0 Å². The van der Waals surface area contributed by atoms with E-state index in [4.69, 9.17) is 10.5 Å². The van der Waals surface area contributed by atoms with Gasteiger partial charge in [-0.3, -0.25) is 4.79 Å². The number of ether oxygens (including phenoxy) is 1. The molecular weight excluding hydrogens is 228 g/mol. The number of nitrogens with two attached hydrogens (primary N) is 1. The van der Waals surface area contributed by atoms with Gasteiger partial charge in [0.15, 0.2) is 0 Å². The first-order chi connectivity index (χ1) is 8.67. The number of nitrogens with one attached hydrogen (secondary N) is 1. The fraction of sp³-hybridized carbons (Fsp3) is 0.500. The zero-order valence-electron chi connectivity index (χ0n) is 11.1. The van der Waals surface area contributed by atoms with Crippen LogP contribution in [0.2, 0.25) is 0 Å². The maximum absolute atomic E-state index is 11.9. The third kappa shape index (κ3) is 4.75. The van der Waals surface area contributed by atoms with Gasteiger partial charge in [0.2, 0.25) is 5.91 Å². The molecule has 0 saturated carbocycles. The lowest BCUT2D eigenvalue weighted by molar-refractivity contribution is -0.119. The van der Waals surface area contributed by atoms with Gasteiger partial charge < -0.3 is 15.8 Å². The summed E-state index contributed by atoms with van der Waals surface area (Å²) in [5, 5.41) is 2.89. The minimum atomic E-state index is -0.0238. The Kier molecular flexibility index (Phi) is 6.22. The van der Waals surface area contributed by atoms with Crippen molar-refractivity contribution in [2.45, 2.75) is 26.7 Å². The zero-order chi connectivity index (χ0) is 13.4. The molecule has 4 nitrogen and oxygen atoms in total. The van der Waals surface area contributed by atoms with Crippen molar-refractivity contribution in [3.8, 4) is 5.75 Å². The highest BCUT2D eigenvalue weighted by Gasteiger charge is 2.12. The molecule has 0 heterocycles. The summed E-state index contributed by atoms with van der Waals surface area (Å²) in [7, 11) is 0. The number of benzene rings is 1. The average Bonchev–Trinajstić information content (AvgIpc) is 2.36. The number of hydrogen-bond donors (Lipinski definition) is 2. The van der Waals surface area contributed by atoms with Gasteiger partial charge in [-0.05, 0) is 38.4 Å². The molecule has 0 spiro atoms. The standard InChI is InChI=1S/C14H22N2O2/c1-3-18-13-8-4-7-12(10-13)16-14(17)11(2)6-5-9-15/h4,7-8,10-11H,3,5-6,9,15H2,1-2H3,(H,16,17). The Hall–Kier alpha value is -1.55. The molecule has 1 atom stereocenters. The molecule has 1 rings (SSSR count). The van der Waals surface area contributed by atoms with Gasteiger partial charge in [0, 0.05) is 17.7 Å². The summed E-state index contributed by atoms with van der Waals surface area (Å²) in [5.41, 5.74) is 6.20. The number of amides is 1. The second-order valence-electron chi connectivity index (χ2n) is 4.28. The maximum Gasteiger partial charge on any atom is 0.227 e. The van der Waals surface area contributed by atoms with Crippen LogP contribution in [0.4, 0.5) is 5.69 Å². The summed E-state index contributed by atoms with van der Waals surface area (Å²) >= 11 is 0. The lowest BCUT2D eigenvalue weighted by Gasteiger charge is -2.12. The van der Waals surface area contributed by atoms with E-state index in [-0.39, 0.29) is 11.8 Å². The Balaban J connectivity index is 2.55. The molecule has 18 heavy (non-hydrogen) atoms. The van der Waals surface area contributed by atoms with Gasteiger partial charge in [0.1, 0.15) is 5.75 Å². The molecule has 1 aromatic carbocycles. The van der Waals surface area contributed by atoms with E-state index in [1.54, 1.807) is 0 Å². The molecule has 0 aliphatic carbocycles. The molecule has 0 radical (unpaired) electrons. The minimum Gasteiger partial charge on any atom is -0.494 e. The van der Waals surface area contributed by atoms with Gasteiger partial charge in [0.05, 0.1) is 6.61 Å². The largest absolute Gasteiger partial charge is 0.494 e. The van der Waals surface area contributed by atoms with E-state index >= 15 is 0 Å². The summed E-state index contributed by atoms with van der Waals surface area (Å²) in [6, 6.07) is 7.43. The van der Waals surface area contributed by atoms with Gasteiger partial charge in [-0.25, -0.2) is 0 Å². The molecule has 0 bridgehead atoms. The second-order valence-corrected chi connectivity index (χ2v) is 4.28. The van der Waals surface area contributed by atoms with Crippen molar-refractivity contribution >= 4 is 11.6 Å². The van der Waals surface area contributed by atoms with Crippen LogP contribution in [-0.4, -0.2) is 19.1 Å². The van der Waals surface area contributed by atoms with Crippen molar-refractivity contribution in [3.63, 3.8) is 0 Å². The fourth-order valence-electron chi connectivity index (χ4n) is 1.65. The summed E-state index contributed by atoms with van der Waals surface area (Å²) in [6.07, 6.45) is 1.68. The van der Waals surface area contributed by atoms with Crippen molar-refractivity contribution in [1.82, 2.24) is 0 Å². The molecular formula is C14H22N2O2. The zero-order valence-corrected chi connectivity index (χ0v) is 11.1. The van der Waals surface area contributed by atoms with Crippen molar-refractivity contribution < 1.29 is 9.53 Å². The number of carbonyl (C=O) groups excluding carboxylic acids is 1. The van der Waals surface area contributed by atoms with Crippen LogP contribution < -0.4 is 15.8 Å². The summed E-state index contributed by atoms with van der Waals surface area (Å²) < 4.78 is 5.39. The van der Waals surface area contributed by atoms with Crippen LogP contribution in [0.25, 0.3) is 0 Å². The van der Waals surface area contributed by atoms with Crippen molar-refractivity contribution in [1.29, 1.82) is 0 Å². The maximum atomic E-state index is 11.9. The highest BCUT2D eigenvalue weighted by atomic mass is 16.5. The van der Waals surface area contributed by atoms with Crippen LogP contribution in [0.3, 0.4) is 0 Å². The van der Waals surface area contributed by atoms with Crippen molar-refractivity contribution in [3.05, 3.63) is 24.3 Å². The smallest absolute Gasteiger partial charge is 0.227 e. The summed E-state index contributed by atoms with van der Waals surface area (Å²) in [4.78, 5) is 11.9. The second kappa shape index (κ2) is 7.71. The minimum absolute atomic E-state index is 0.0238. The first-order valence-electron chi connectivity index (χ1n) is 6.41. The SMILES string of the molecule is CCOc1cccc(NC(=O)C(C)CCCN)c1. The van der Waals surface area contributed by atoms with Crippen LogP contribution in [0.15, 0.2) is 24.3 Å². The summed E-state index contributed by atoms with van der Waals surface area (Å²) in [5.74, 6) is 0.770. The topological polar surface area (TPSA) is 64.3 Å². The van der Waals surface area contributed by atoms with Crippen LogP contribution in [-0.2, 0) is 4.79 Å². The number of rotatable bonds is 7. The van der Waals surface area contributed by atoms with Crippen molar-refractivity contribution in [2.24, 2.45) is 11.7 Å². The monoisotopic (exact) mass is 250 g/mol. The van der Waals surface area contributed by atoms with E-state index in [2.05, 4.69) is 5.32 Å². The Labute approximate surface area is 109 Å². The molecule has 0 aromatic heterocycles. The van der Waals surface area contributed by atoms with E-state index in [0.717, 1.165) is 24.3 Å². The predicted molar refractivity (Wildman–Crippen MR) is 73.7 cm³/mol. The molecule has 0 saturated heterocycles.